The zero-order chi connectivity index (χ0) is 31.6. The van der Waals surface area contributed by atoms with E-state index in [1.54, 1.807) is 0 Å². The van der Waals surface area contributed by atoms with Gasteiger partial charge in [-0.05, 0) is 73.5 Å². The summed E-state index contributed by atoms with van der Waals surface area (Å²) in [5.74, 6) is -3.82. The normalized spacial score (nSPS) is 16.3. The van der Waals surface area contributed by atoms with Gasteiger partial charge in [-0.3, -0.25) is 4.79 Å². The Balaban J connectivity index is 1.63. The predicted molar refractivity (Wildman–Crippen MR) is 180 cm³/mol. The van der Waals surface area contributed by atoms with Gasteiger partial charge in [-0.1, -0.05) is 48.5 Å². The first-order valence-electron chi connectivity index (χ1n) is 15.3. The van der Waals surface area contributed by atoms with Crippen molar-refractivity contribution < 1.29 is 19.8 Å². The number of carboxylic acid groups (broad SMARTS) is 2. The molecule has 7 heteroatoms. The second-order valence-corrected chi connectivity index (χ2v) is 12.0. The number of fused-ring (bicyclic) bond motifs is 6. The number of hydrogen-bond acceptors (Lipinski definition) is 3. The van der Waals surface area contributed by atoms with Crippen molar-refractivity contribution in [2.45, 2.75) is 32.4 Å². The summed E-state index contributed by atoms with van der Waals surface area (Å²) in [6, 6.07) is 28.7. The highest BCUT2D eigenvalue weighted by molar-refractivity contribution is 6.10. The van der Waals surface area contributed by atoms with Crippen LogP contribution in [0.3, 0.4) is 0 Å². The molecule has 0 radical (unpaired) electrons. The number of para-hydroxylation sites is 2. The van der Waals surface area contributed by atoms with Crippen LogP contribution in [0.5, 0.6) is 0 Å². The van der Waals surface area contributed by atoms with Crippen LogP contribution in [0.4, 0.5) is 0 Å². The molecule has 7 nitrogen and oxygen atoms in total. The zero-order valence-electron chi connectivity index (χ0n) is 25.8. The summed E-state index contributed by atoms with van der Waals surface area (Å²) in [4.78, 5) is 28.1. The molecular formula is C38H35N3O4. The summed E-state index contributed by atoms with van der Waals surface area (Å²) >= 11 is 0. The van der Waals surface area contributed by atoms with E-state index < -0.39 is 23.3 Å². The fraction of sp³-hybridized carbons (Fsp3) is 0.211. The molecule has 1 unspecified atom stereocenters. The topological polar surface area (TPSA) is 87.7 Å². The van der Waals surface area contributed by atoms with Crippen molar-refractivity contribution in [3.8, 4) is 0 Å². The summed E-state index contributed by atoms with van der Waals surface area (Å²) in [6.45, 7) is 5.78. The lowest BCUT2D eigenvalue weighted by molar-refractivity contribution is -0.145. The third-order valence-corrected chi connectivity index (χ3v) is 9.59. The van der Waals surface area contributed by atoms with E-state index in [4.69, 9.17) is 0 Å². The molecule has 7 rings (SSSR count). The number of aryl methyl sites for hydroxylation is 2. The Labute approximate surface area is 260 Å². The van der Waals surface area contributed by atoms with Crippen molar-refractivity contribution in [2.75, 3.05) is 14.1 Å². The van der Waals surface area contributed by atoms with Gasteiger partial charge in [0.15, 0.2) is 0 Å². The zero-order valence-corrected chi connectivity index (χ0v) is 25.8. The number of carboxylic acids is 2. The Hall–Kier alpha value is -5.30. The lowest BCUT2D eigenvalue weighted by Gasteiger charge is -2.41. The molecule has 2 aromatic heterocycles. The van der Waals surface area contributed by atoms with E-state index in [1.807, 2.05) is 61.5 Å². The van der Waals surface area contributed by atoms with Gasteiger partial charge in [0.05, 0.1) is 11.0 Å². The molecule has 0 saturated heterocycles. The molecule has 6 aromatic rings. The largest absolute Gasteiger partial charge is 0.481 e. The minimum atomic E-state index is -1.38. The van der Waals surface area contributed by atoms with E-state index >= 15 is 0 Å². The van der Waals surface area contributed by atoms with Crippen molar-refractivity contribution >= 4 is 55.6 Å². The Bertz CT molecular complexity index is 2130. The maximum atomic E-state index is 13.4. The predicted octanol–water partition coefficient (Wildman–Crippen LogP) is 7.40. The molecule has 0 fully saturated rings. The molecule has 4 aromatic carbocycles. The number of rotatable bonds is 7. The number of aliphatic carboxylic acids is 2. The van der Waals surface area contributed by atoms with Crippen molar-refractivity contribution in [2.24, 2.45) is 5.92 Å². The van der Waals surface area contributed by atoms with E-state index in [-0.39, 0.29) is 5.57 Å². The Kier molecular flexibility index (Phi) is 6.58. The maximum absolute atomic E-state index is 13.4. The smallest absolute Gasteiger partial charge is 0.332 e. The average Bonchev–Trinajstić information content (AvgIpc) is 3.55. The second kappa shape index (κ2) is 10.4. The van der Waals surface area contributed by atoms with Gasteiger partial charge in [0.25, 0.3) is 0 Å². The van der Waals surface area contributed by atoms with Crippen LogP contribution in [0.25, 0.3) is 43.6 Å². The van der Waals surface area contributed by atoms with Crippen LogP contribution in [0.15, 0.2) is 108 Å². The van der Waals surface area contributed by atoms with Crippen LogP contribution in [-0.4, -0.2) is 50.3 Å². The molecule has 2 N–H and O–H groups in total. The molecule has 45 heavy (non-hydrogen) atoms. The highest BCUT2D eigenvalue weighted by Crippen LogP contribution is 2.50. The standard InChI is InChI=1S/C38H35N3O4/c1-5-40-31-13-9-7-11-26(31)28-19-23(15-17-33(28)40)38(22-25(39(3)4)21-30(36(42)43)35(38)37(44)45)24-16-18-34-29(20-24)27-12-8-10-14-32(27)41(34)6-2/h7-22,35H,5-6H2,1-4H3,(H,42,43)(H,44,45). The summed E-state index contributed by atoms with van der Waals surface area (Å²) in [7, 11) is 3.70. The van der Waals surface area contributed by atoms with Gasteiger partial charge in [0.2, 0.25) is 0 Å². The number of aromatic nitrogens is 2. The summed E-state index contributed by atoms with van der Waals surface area (Å²) in [5.41, 5.74) is 4.91. The van der Waals surface area contributed by atoms with Crippen molar-refractivity contribution in [1.82, 2.24) is 14.0 Å². The van der Waals surface area contributed by atoms with E-state index in [2.05, 4.69) is 71.5 Å². The van der Waals surface area contributed by atoms with Crippen molar-refractivity contribution in [1.29, 1.82) is 0 Å². The van der Waals surface area contributed by atoms with Crippen molar-refractivity contribution in [3.05, 3.63) is 119 Å². The van der Waals surface area contributed by atoms with Crippen LogP contribution < -0.4 is 0 Å². The first-order chi connectivity index (χ1) is 21.7. The number of carbonyl (C=O) groups is 2. The lowest BCUT2D eigenvalue weighted by atomic mass is 9.60. The van der Waals surface area contributed by atoms with E-state index in [0.717, 1.165) is 67.8 Å². The fourth-order valence-corrected chi connectivity index (χ4v) is 7.59. The highest BCUT2D eigenvalue weighted by atomic mass is 16.4. The molecule has 0 aliphatic heterocycles. The van der Waals surface area contributed by atoms with Crippen LogP contribution in [0.1, 0.15) is 25.0 Å². The van der Waals surface area contributed by atoms with E-state index in [1.165, 1.54) is 6.08 Å². The van der Waals surface area contributed by atoms with Crippen LogP contribution in [-0.2, 0) is 28.1 Å². The fourth-order valence-electron chi connectivity index (χ4n) is 7.59. The summed E-state index contributed by atoms with van der Waals surface area (Å²) in [5, 5.41) is 25.6. The SMILES string of the molecule is CCn1c2ccccc2c2cc(C3(c4ccc5c(c4)c4ccccc4n5CC)C=C(N(C)C)C=C(C(=O)O)C3C(=O)O)ccc21. The molecule has 1 aliphatic carbocycles. The second-order valence-electron chi connectivity index (χ2n) is 12.0. The molecule has 2 heterocycles. The van der Waals surface area contributed by atoms with Crippen LogP contribution in [0, 0.1) is 5.92 Å². The molecule has 1 aliphatic rings. The Morgan fingerprint density at radius 3 is 1.60 bits per heavy atom. The average molecular weight is 598 g/mol. The van der Waals surface area contributed by atoms with Crippen molar-refractivity contribution in [3.63, 3.8) is 0 Å². The molecule has 226 valence electrons. The summed E-state index contributed by atoms with van der Waals surface area (Å²) < 4.78 is 4.51. The molecule has 1 atom stereocenters. The molecule has 0 spiro atoms. The minimum absolute atomic E-state index is 0.152. The first kappa shape index (κ1) is 28.5. The first-order valence-corrected chi connectivity index (χ1v) is 15.3. The minimum Gasteiger partial charge on any atom is -0.481 e. The Morgan fingerprint density at radius 1 is 0.711 bits per heavy atom. The summed E-state index contributed by atoms with van der Waals surface area (Å²) in [6.07, 6.45) is 3.46. The third kappa shape index (κ3) is 4.03. The monoisotopic (exact) mass is 597 g/mol. The van der Waals surface area contributed by atoms with E-state index in [0.29, 0.717) is 5.70 Å². The van der Waals surface area contributed by atoms with Crippen LogP contribution in [0.2, 0.25) is 0 Å². The number of nitrogens with zero attached hydrogens (tertiary/aromatic N) is 3. The quantitative estimate of drug-likeness (QED) is 0.200. The lowest BCUT2D eigenvalue weighted by Crippen LogP contribution is -2.45. The number of allylic oxidation sites excluding steroid dienone is 2. The van der Waals surface area contributed by atoms with Gasteiger partial charge in [-0.25, -0.2) is 4.79 Å². The third-order valence-electron chi connectivity index (χ3n) is 9.59. The maximum Gasteiger partial charge on any atom is 0.332 e. The number of likely N-dealkylation sites (N-methyl/N-ethyl adjacent to an activating group) is 1. The van der Waals surface area contributed by atoms with Crippen LogP contribution >= 0.6 is 0 Å². The van der Waals surface area contributed by atoms with E-state index in [9.17, 15) is 19.8 Å². The van der Waals surface area contributed by atoms with Gasteiger partial charge >= 0.3 is 11.9 Å². The number of hydrogen-bond donors (Lipinski definition) is 2. The van der Waals surface area contributed by atoms with Gasteiger partial charge in [0.1, 0.15) is 5.92 Å². The highest BCUT2D eigenvalue weighted by Gasteiger charge is 2.51. The molecule has 0 bridgehead atoms. The van der Waals surface area contributed by atoms with Gasteiger partial charge in [0, 0.05) is 76.5 Å². The molecule has 0 amide bonds. The molecular weight excluding hydrogens is 562 g/mol. The Morgan fingerprint density at radius 2 is 1.18 bits per heavy atom. The van der Waals surface area contributed by atoms with Gasteiger partial charge in [-0.15, -0.1) is 0 Å². The number of benzene rings is 4. The van der Waals surface area contributed by atoms with Gasteiger partial charge in [-0.2, -0.15) is 0 Å². The molecule has 0 saturated carbocycles. The van der Waals surface area contributed by atoms with Gasteiger partial charge < -0.3 is 24.2 Å².